The van der Waals surface area contributed by atoms with Gasteiger partial charge in [0.2, 0.25) is 0 Å². The molecule has 6 heteroatoms. The highest BCUT2D eigenvalue weighted by Crippen LogP contribution is 2.22. The summed E-state index contributed by atoms with van der Waals surface area (Å²) in [6.45, 7) is 0. The molecular formula is C18H17N3O3. The van der Waals surface area contributed by atoms with E-state index in [1.165, 1.54) is 14.2 Å². The Morgan fingerprint density at radius 3 is 2.54 bits per heavy atom. The third kappa shape index (κ3) is 3.22. The summed E-state index contributed by atoms with van der Waals surface area (Å²) in [6, 6.07) is 12.8. The Labute approximate surface area is 139 Å². The van der Waals surface area contributed by atoms with Crippen molar-refractivity contribution in [3.63, 3.8) is 0 Å². The molecule has 0 saturated carbocycles. The average molecular weight is 323 g/mol. The van der Waals surface area contributed by atoms with Crippen LogP contribution in [-0.2, 0) is 0 Å². The first-order valence-electron chi connectivity index (χ1n) is 7.34. The van der Waals surface area contributed by atoms with Gasteiger partial charge in [-0.25, -0.2) is 5.43 Å². The van der Waals surface area contributed by atoms with Crippen molar-refractivity contribution >= 4 is 23.0 Å². The fourth-order valence-electron chi connectivity index (χ4n) is 2.36. The minimum atomic E-state index is -0.344. The number of ether oxygens (including phenoxy) is 2. The Morgan fingerprint density at radius 1 is 1.12 bits per heavy atom. The van der Waals surface area contributed by atoms with E-state index >= 15 is 0 Å². The van der Waals surface area contributed by atoms with Crippen LogP contribution >= 0.6 is 0 Å². The van der Waals surface area contributed by atoms with Crippen LogP contribution in [0.25, 0.3) is 10.9 Å². The van der Waals surface area contributed by atoms with E-state index < -0.39 is 0 Å². The average Bonchev–Trinajstić information content (AvgIpc) is 3.04. The lowest BCUT2D eigenvalue weighted by Gasteiger charge is -2.07. The van der Waals surface area contributed by atoms with Crippen LogP contribution in [0.5, 0.6) is 11.5 Å². The molecule has 0 spiro atoms. The first-order valence-corrected chi connectivity index (χ1v) is 7.34. The minimum absolute atomic E-state index is 0.344. The predicted molar refractivity (Wildman–Crippen MR) is 92.9 cm³/mol. The van der Waals surface area contributed by atoms with Crippen LogP contribution in [0.2, 0.25) is 0 Å². The van der Waals surface area contributed by atoms with E-state index in [0.717, 1.165) is 16.5 Å². The van der Waals surface area contributed by atoms with Gasteiger partial charge in [0.25, 0.3) is 5.91 Å². The molecule has 1 aromatic heterocycles. The number of para-hydroxylation sites is 1. The van der Waals surface area contributed by atoms with Gasteiger partial charge in [0.05, 0.1) is 20.4 Å². The summed E-state index contributed by atoms with van der Waals surface area (Å²) in [4.78, 5) is 15.4. The quantitative estimate of drug-likeness (QED) is 0.560. The molecule has 122 valence electrons. The van der Waals surface area contributed by atoms with E-state index in [9.17, 15) is 4.79 Å². The number of hydrogen-bond acceptors (Lipinski definition) is 4. The highest BCUT2D eigenvalue weighted by atomic mass is 16.5. The Hall–Kier alpha value is -3.28. The lowest BCUT2D eigenvalue weighted by molar-refractivity contribution is 0.0954. The van der Waals surface area contributed by atoms with Gasteiger partial charge in [0.15, 0.2) is 0 Å². The molecule has 2 N–H and O–H groups in total. The molecule has 0 aliphatic heterocycles. The lowest BCUT2D eigenvalue weighted by atomic mass is 10.2. The molecule has 1 amide bonds. The van der Waals surface area contributed by atoms with Gasteiger partial charge in [-0.1, -0.05) is 18.2 Å². The summed E-state index contributed by atoms with van der Waals surface area (Å²) in [5.41, 5.74) is 4.83. The molecule has 6 nitrogen and oxygen atoms in total. The number of amides is 1. The van der Waals surface area contributed by atoms with Crippen molar-refractivity contribution in [2.75, 3.05) is 14.2 Å². The number of aromatic nitrogens is 1. The number of methoxy groups -OCH3 is 2. The number of aromatic amines is 1. The molecule has 3 aromatic rings. The zero-order chi connectivity index (χ0) is 16.9. The number of carbonyl (C=O) groups is 1. The summed E-state index contributed by atoms with van der Waals surface area (Å²) >= 11 is 0. The highest BCUT2D eigenvalue weighted by Gasteiger charge is 2.09. The Morgan fingerprint density at radius 2 is 1.83 bits per heavy atom. The molecular weight excluding hydrogens is 306 g/mol. The van der Waals surface area contributed by atoms with Crippen LogP contribution in [0.1, 0.15) is 15.9 Å². The fourth-order valence-corrected chi connectivity index (χ4v) is 2.36. The monoisotopic (exact) mass is 323 g/mol. The Kier molecular flexibility index (Phi) is 4.47. The maximum atomic E-state index is 12.2. The van der Waals surface area contributed by atoms with Crippen LogP contribution in [-0.4, -0.2) is 31.3 Å². The molecule has 3 rings (SSSR count). The number of carbonyl (C=O) groups excluding carboxylic acids is 1. The van der Waals surface area contributed by atoms with E-state index in [2.05, 4.69) is 15.5 Å². The van der Waals surface area contributed by atoms with E-state index in [0.29, 0.717) is 17.1 Å². The molecule has 0 radical (unpaired) electrons. The predicted octanol–water partition coefficient (Wildman–Crippen LogP) is 2.95. The van der Waals surface area contributed by atoms with Crippen molar-refractivity contribution in [2.24, 2.45) is 5.10 Å². The molecule has 0 fully saturated rings. The lowest BCUT2D eigenvalue weighted by Crippen LogP contribution is -2.17. The minimum Gasteiger partial charge on any atom is -0.497 e. The van der Waals surface area contributed by atoms with E-state index in [1.54, 1.807) is 24.4 Å². The van der Waals surface area contributed by atoms with Gasteiger partial charge in [-0.3, -0.25) is 4.79 Å². The van der Waals surface area contributed by atoms with Crippen LogP contribution in [0.15, 0.2) is 53.8 Å². The normalized spacial score (nSPS) is 10.9. The number of fused-ring (bicyclic) bond motifs is 1. The second kappa shape index (κ2) is 6.87. The molecule has 0 bridgehead atoms. The molecule has 0 unspecified atom stereocenters. The maximum Gasteiger partial charge on any atom is 0.271 e. The third-order valence-corrected chi connectivity index (χ3v) is 3.60. The molecule has 0 atom stereocenters. The van der Waals surface area contributed by atoms with Crippen molar-refractivity contribution in [2.45, 2.75) is 0 Å². The van der Waals surface area contributed by atoms with Crippen molar-refractivity contribution in [3.8, 4) is 11.5 Å². The summed E-state index contributed by atoms with van der Waals surface area (Å²) in [5.74, 6) is 0.739. The van der Waals surface area contributed by atoms with Crippen molar-refractivity contribution in [3.05, 3.63) is 59.8 Å². The van der Waals surface area contributed by atoms with Crippen molar-refractivity contribution in [1.29, 1.82) is 0 Å². The zero-order valence-corrected chi connectivity index (χ0v) is 13.4. The molecule has 0 aliphatic rings. The van der Waals surface area contributed by atoms with Crippen molar-refractivity contribution in [1.82, 2.24) is 10.4 Å². The van der Waals surface area contributed by atoms with Gasteiger partial charge < -0.3 is 14.5 Å². The van der Waals surface area contributed by atoms with Gasteiger partial charge >= 0.3 is 0 Å². The van der Waals surface area contributed by atoms with Crippen LogP contribution in [0, 0.1) is 0 Å². The van der Waals surface area contributed by atoms with Crippen LogP contribution in [0.4, 0.5) is 0 Å². The Bertz CT molecular complexity index is 877. The zero-order valence-electron chi connectivity index (χ0n) is 13.4. The number of nitrogens with zero attached hydrogens (tertiary/aromatic N) is 1. The Balaban J connectivity index is 1.75. The summed E-state index contributed by atoms with van der Waals surface area (Å²) < 4.78 is 10.3. The largest absolute Gasteiger partial charge is 0.497 e. The van der Waals surface area contributed by atoms with Gasteiger partial charge in [-0.05, 0) is 18.2 Å². The summed E-state index contributed by atoms with van der Waals surface area (Å²) in [6.07, 6.45) is 3.45. The summed E-state index contributed by atoms with van der Waals surface area (Å²) in [5, 5.41) is 5.07. The number of hydrogen-bond donors (Lipinski definition) is 2. The van der Waals surface area contributed by atoms with E-state index in [1.807, 2.05) is 30.5 Å². The van der Waals surface area contributed by atoms with E-state index in [4.69, 9.17) is 9.47 Å². The van der Waals surface area contributed by atoms with Crippen LogP contribution < -0.4 is 14.9 Å². The maximum absolute atomic E-state index is 12.2. The fraction of sp³-hybridized carbons (Fsp3) is 0.111. The molecule has 24 heavy (non-hydrogen) atoms. The third-order valence-electron chi connectivity index (χ3n) is 3.60. The molecule has 2 aromatic carbocycles. The van der Waals surface area contributed by atoms with Gasteiger partial charge in [0.1, 0.15) is 11.5 Å². The van der Waals surface area contributed by atoms with Gasteiger partial charge in [-0.2, -0.15) is 5.10 Å². The van der Waals surface area contributed by atoms with Crippen LogP contribution in [0.3, 0.4) is 0 Å². The number of nitrogens with one attached hydrogen (secondary N) is 2. The van der Waals surface area contributed by atoms with Gasteiger partial charge in [-0.15, -0.1) is 0 Å². The highest BCUT2D eigenvalue weighted by molar-refractivity contribution is 6.00. The standard InChI is InChI=1S/C18H17N3O3/c1-23-14-7-12(8-15(9-14)24-2)18(22)21-20-11-13-10-19-17-6-4-3-5-16(13)17/h3-11,19H,1-2H3,(H,21,22)/b20-11-. The second-order valence-electron chi connectivity index (χ2n) is 5.09. The SMILES string of the molecule is COc1cc(OC)cc(C(=O)N/N=C\c2c[nH]c3ccccc23)c1. The molecule has 0 aliphatic carbocycles. The number of H-pyrrole nitrogens is 1. The molecule has 1 heterocycles. The van der Waals surface area contributed by atoms with Gasteiger partial charge in [0, 0.05) is 34.3 Å². The topological polar surface area (TPSA) is 75.7 Å². The first-order chi connectivity index (χ1) is 11.7. The number of rotatable bonds is 5. The number of benzene rings is 2. The van der Waals surface area contributed by atoms with Crippen molar-refractivity contribution < 1.29 is 14.3 Å². The van der Waals surface area contributed by atoms with E-state index in [-0.39, 0.29) is 5.91 Å². The summed E-state index contributed by atoms with van der Waals surface area (Å²) in [7, 11) is 3.07. The smallest absolute Gasteiger partial charge is 0.271 e. The molecule has 0 saturated heterocycles. The second-order valence-corrected chi connectivity index (χ2v) is 5.09. The first kappa shape index (κ1) is 15.6. The number of hydrazone groups is 1.